The summed E-state index contributed by atoms with van der Waals surface area (Å²) in [5.74, 6) is 1.36. The first kappa shape index (κ1) is 25.2. The van der Waals surface area contributed by atoms with Crippen LogP contribution in [0.15, 0.2) is 60.4 Å². The molecule has 0 radical (unpaired) electrons. The predicted molar refractivity (Wildman–Crippen MR) is 158 cm³/mol. The zero-order valence-electron chi connectivity index (χ0n) is 23.5. The number of benzene rings is 2. The third kappa shape index (κ3) is 5.10. The molecule has 206 valence electrons. The third-order valence-electron chi connectivity index (χ3n) is 9.77. The topological polar surface area (TPSA) is 53.5 Å². The highest BCUT2D eigenvalue weighted by molar-refractivity contribution is 5.81. The van der Waals surface area contributed by atoms with Gasteiger partial charge in [0.15, 0.2) is 6.29 Å². The molecule has 1 aromatic heterocycles. The zero-order valence-corrected chi connectivity index (χ0v) is 23.5. The van der Waals surface area contributed by atoms with E-state index in [1.54, 1.807) is 0 Å². The van der Waals surface area contributed by atoms with Gasteiger partial charge in [0, 0.05) is 30.1 Å². The van der Waals surface area contributed by atoms with E-state index in [9.17, 15) is 0 Å². The van der Waals surface area contributed by atoms with E-state index in [0.29, 0.717) is 18.4 Å². The van der Waals surface area contributed by atoms with Gasteiger partial charge in [0.25, 0.3) is 0 Å². The number of hydrogen-bond acceptors (Lipinski definition) is 5. The van der Waals surface area contributed by atoms with E-state index in [-0.39, 0.29) is 11.8 Å². The average molecular weight is 526 g/mol. The third-order valence-corrected chi connectivity index (χ3v) is 9.77. The molecule has 2 aromatic carbocycles. The number of ether oxygens (including phenoxy) is 1. The van der Waals surface area contributed by atoms with Crippen LogP contribution < -0.4 is 16.0 Å². The van der Waals surface area contributed by atoms with Gasteiger partial charge in [0.2, 0.25) is 0 Å². The molecule has 4 unspecified atom stereocenters. The molecule has 1 aliphatic carbocycles. The van der Waals surface area contributed by atoms with Gasteiger partial charge in [-0.05, 0) is 129 Å². The summed E-state index contributed by atoms with van der Waals surface area (Å²) >= 11 is 0. The molecule has 1 saturated heterocycles. The fraction of sp³-hybridized carbons (Fsp3) is 0.515. The second-order valence-corrected chi connectivity index (χ2v) is 12.5. The number of anilines is 1. The van der Waals surface area contributed by atoms with Crippen molar-refractivity contribution in [1.82, 2.24) is 20.1 Å². The van der Waals surface area contributed by atoms with Gasteiger partial charge in [0.1, 0.15) is 0 Å². The second-order valence-electron chi connectivity index (χ2n) is 12.5. The number of aryl methyl sites for hydroxylation is 1. The Morgan fingerprint density at radius 1 is 1.05 bits per heavy atom. The van der Waals surface area contributed by atoms with Crippen LogP contribution in [0.25, 0.3) is 10.9 Å². The number of rotatable bonds is 4. The Labute approximate surface area is 232 Å². The fourth-order valence-corrected chi connectivity index (χ4v) is 6.91. The second kappa shape index (κ2) is 10.3. The van der Waals surface area contributed by atoms with Crippen molar-refractivity contribution >= 4 is 16.6 Å². The van der Waals surface area contributed by atoms with Crippen LogP contribution in [0.3, 0.4) is 0 Å². The fourth-order valence-electron chi connectivity index (χ4n) is 6.91. The van der Waals surface area contributed by atoms with Crippen LogP contribution in [0.1, 0.15) is 56.2 Å². The number of fused-ring (bicyclic) bond motifs is 7. The highest BCUT2D eigenvalue weighted by Gasteiger charge is 2.38. The minimum Gasteiger partial charge on any atom is -0.376 e. The van der Waals surface area contributed by atoms with Crippen molar-refractivity contribution in [2.75, 3.05) is 31.6 Å². The lowest BCUT2D eigenvalue weighted by molar-refractivity contribution is 0.106. The maximum Gasteiger partial charge on any atom is 0.153 e. The monoisotopic (exact) mass is 525 g/mol. The lowest BCUT2D eigenvalue weighted by Crippen LogP contribution is -2.58. The number of aromatic nitrogens is 1. The molecule has 2 fully saturated rings. The van der Waals surface area contributed by atoms with Crippen LogP contribution in [0.2, 0.25) is 0 Å². The number of nitrogens with zero attached hydrogens (tertiary/aromatic N) is 2. The van der Waals surface area contributed by atoms with Gasteiger partial charge in [0.05, 0.1) is 18.8 Å². The molecule has 4 aliphatic rings. The first-order chi connectivity index (χ1) is 19.0. The molecule has 6 heteroatoms. The van der Waals surface area contributed by atoms with Crippen molar-refractivity contribution in [3.05, 3.63) is 77.1 Å². The molecule has 7 rings (SSSR count). The van der Waals surface area contributed by atoms with Crippen molar-refractivity contribution in [2.24, 2.45) is 11.8 Å². The Hall–Kier alpha value is -2.80. The Morgan fingerprint density at radius 2 is 1.95 bits per heavy atom. The van der Waals surface area contributed by atoms with Crippen LogP contribution >= 0.6 is 0 Å². The standard InChI is InChI=1S/C33H43N5O/c1-23-19-34-32-35-30-10-8-24(6-5-14-37-12-3-4-13-37)28(17-30)22-39-21-27-16-26(27)20-38-15-11-25-7-9-29(18-31(25)38)33(23,2)36-32/h7-11,15,17-19,26-27,32,34-36H,3-6,12-14,16,20-22H2,1-2H3. The smallest absolute Gasteiger partial charge is 0.153 e. The SMILES string of the molecule is CC1=CNC2Nc3ccc(CCCN4CCCC4)c(c3)COCC3CC3Cn3ccc4ccc(cc43)C1(C)N2. The van der Waals surface area contributed by atoms with E-state index >= 15 is 0 Å². The van der Waals surface area contributed by atoms with Gasteiger partial charge in [-0.15, -0.1) is 0 Å². The summed E-state index contributed by atoms with van der Waals surface area (Å²) in [4.78, 5) is 2.62. The van der Waals surface area contributed by atoms with E-state index in [4.69, 9.17) is 4.74 Å². The van der Waals surface area contributed by atoms with Crippen molar-refractivity contribution in [3.63, 3.8) is 0 Å². The van der Waals surface area contributed by atoms with Gasteiger partial charge >= 0.3 is 0 Å². The minimum absolute atomic E-state index is 0.0840. The highest BCUT2D eigenvalue weighted by atomic mass is 16.5. The Bertz CT molecular complexity index is 1370. The molecule has 3 aliphatic heterocycles. The maximum absolute atomic E-state index is 6.39. The van der Waals surface area contributed by atoms with E-state index in [2.05, 4.69) is 94.1 Å². The molecule has 4 heterocycles. The Morgan fingerprint density at radius 3 is 2.85 bits per heavy atom. The van der Waals surface area contributed by atoms with Gasteiger partial charge in [-0.1, -0.05) is 18.2 Å². The average Bonchev–Trinajstić information content (AvgIpc) is 3.27. The first-order valence-electron chi connectivity index (χ1n) is 15.0. The summed E-state index contributed by atoms with van der Waals surface area (Å²) in [6.07, 6.45) is 10.7. The van der Waals surface area contributed by atoms with Crippen LogP contribution in [-0.4, -0.2) is 42.0 Å². The van der Waals surface area contributed by atoms with E-state index in [0.717, 1.165) is 25.3 Å². The summed E-state index contributed by atoms with van der Waals surface area (Å²) < 4.78 is 8.85. The number of hydrogen-bond donors (Lipinski definition) is 3. The lowest BCUT2D eigenvalue weighted by atomic mass is 9.84. The Balaban J connectivity index is 1.17. The van der Waals surface area contributed by atoms with E-state index in [1.807, 2.05) is 0 Å². The van der Waals surface area contributed by atoms with Crippen LogP contribution in [0.4, 0.5) is 5.69 Å². The first-order valence-corrected chi connectivity index (χ1v) is 15.0. The van der Waals surface area contributed by atoms with Gasteiger partial charge in [-0.2, -0.15) is 0 Å². The summed E-state index contributed by atoms with van der Waals surface area (Å²) in [7, 11) is 0. The minimum atomic E-state index is -0.274. The number of nitrogens with one attached hydrogen (secondary N) is 3. The molecule has 0 amide bonds. The summed E-state index contributed by atoms with van der Waals surface area (Å²) in [5.41, 5.74) is 7.51. The predicted octanol–water partition coefficient (Wildman–Crippen LogP) is 5.54. The van der Waals surface area contributed by atoms with Gasteiger partial charge in [-0.3, -0.25) is 5.32 Å². The molecule has 1 saturated carbocycles. The zero-order chi connectivity index (χ0) is 26.4. The molecule has 3 N–H and O–H groups in total. The van der Waals surface area contributed by atoms with Crippen molar-refractivity contribution in [3.8, 4) is 0 Å². The van der Waals surface area contributed by atoms with Crippen molar-refractivity contribution in [2.45, 2.75) is 70.9 Å². The van der Waals surface area contributed by atoms with Crippen molar-refractivity contribution < 1.29 is 4.74 Å². The molecule has 6 nitrogen and oxygen atoms in total. The summed E-state index contributed by atoms with van der Waals surface area (Å²) in [6, 6.07) is 16.1. The van der Waals surface area contributed by atoms with Crippen molar-refractivity contribution in [1.29, 1.82) is 0 Å². The van der Waals surface area contributed by atoms with Crippen LogP contribution in [-0.2, 0) is 29.8 Å². The summed E-state index contributed by atoms with van der Waals surface area (Å²) in [5, 5.41) is 12.4. The molecule has 0 spiro atoms. The van der Waals surface area contributed by atoms with E-state index in [1.165, 1.54) is 78.5 Å². The quantitative estimate of drug-likeness (QED) is 0.417. The number of likely N-dealkylation sites (tertiary alicyclic amines) is 1. The Kier molecular flexibility index (Phi) is 6.66. The maximum atomic E-state index is 6.39. The van der Waals surface area contributed by atoms with E-state index < -0.39 is 0 Å². The lowest BCUT2D eigenvalue weighted by Gasteiger charge is -2.41. The largest absolute Gasteiger partial charge is 0.376 e. The molecule has 6 bridgehead atoms. The molecule has 4 atom stereocenters. The summed E-state index contributed by atoms with van der Waals surface area (Å²) in [6.45, 7) is 10.9. The highest BCUT2D eigenvalue weighted by Crippen LogP contribution is 2.41. The van der Waals surface area contributed by atoms with Crippen LogP contribution in [0.5, 0.6) is 0 Å². The molecular formula is C33H43N5O. The van der Waals surface area contributed by atoms with Crippen LogP contribution in [0, 0.1) is 11.8 Å². The molecular weight excluding hydrogens is 482 g/mol. The normalized spacial score (nSPS) is 28.9. The van der Waals surface area contributed by atoms with Gasteiger partial charge < -0.3 is 24.8 Å². The molecule has 39 heavy (non-hydrogen) atoms. The van der Waals surface area contributed by atoms with Gasteiger partial charge in [-0.25, -0.2) is 0 Å². The molecule has 3 aromatic rings.